The number of allylic oxidation sites excluding steroid dienone is 3. The summed E-state index contributed by atoms with van der Waals surface area (Å²) in [4.78, 5) is 50.4. The number of carbonyl (C=O) groups is 3. The Morgan fingerprint density at radius 3 is 1.66 bits per heavy atom. The third kappa shape index (κ3) is 36.2. The predicted octanol–water partition coefficient (Wildman–Crippen LogP) is 10.5. The second-order valence-electron chi connectivity index (χ2n) is 14.8. The summed E-state index contributed by atoms with van der Waals surface area (Å²) in [7, 11) is -4.73. The molecule has 0 aliphatic heterocycles. The van der Waals surface area contributed by atoms with Crippen molar-refractivity contribution >= 4 is 25.7 Å². The lowest BCUT2D eigenvalue weighted by atomic mass is 10.0. The van der Waals surface area contributed by atoms with Crippen LogP contribution in [0.2, 0.25) is 0 Å². The lowest BCUT2D eigenvalue weighted by Crippen LogP contribution is -2.34. The van der Waals surface area contributed by atoms with Crippen molar-refractivity contribution in [2.24, 2.45) is 5.73 Å². The zero-order valence-corrected chi connectivity index (χ0v) is 35.7. The van der Waals surface area contributed by atoms with Crippen molar-refractivity contribution in [2.45, 2.75) is 205 Å². The zero-order valence-electron chi connectivity index (χ0n) is 34.8. The highest BCUT2D eigenvalue weighted by Crippen LogP contribution is 2.43. The Bertz CT molecular complexity index is 1070. The van der Waals surface area contributed by atoms with E-state index in [0.29, 0.717) is 12.8 Å². The maximum atomic E-state index is 12.6. The Kier molecular flexibility index (Phi) is 36.9. The quantitative estimate of drug-likeness (QED) is 0.0113. The van der Waals surface area contributed by atoms with Gasteiger partial charge in [0.15, 0.2) is 6.10 Å². The van der Waals surface area contributed by atoms with Crippen LogP contribution in [-0.2, 0) is 42.4 Å². The van der Waals surface area contributed by atoms with Gasteiger partial charge in [-0.3, -0.25) is 28.7 Å². The van der Waals surface area contributed by atoms with Gasteiger partial charge in [-0.2, -0.15) is 0 Å². The van der Waals surface area contributed by atoms with Gasteiger partial charge in [-0.1, -0.05) is 167 Å². The van der Waals surface area contributed by atoms with Crippen molar-refractivity contribution in [3.8, 4) is 0 Å². The fraction of sp³-hybridized carbons (Fsp3) is 0.833. The molecule has 0 spiro atoms. The average molecular weight is 820 g/mol. The summed E-state index contributed by atoms with van der Waals surface area (Å²) in [6, 6.07) is -1.53. The van der Waals surface area contributed by atoms with Crippen LogP contribution in [0.1, 0.15) is 187 Å². The number of carbonyl (C=O) groups excluding carboxylic acids is 2. The number of nitrogens with two attached hydrogens (primary N) is 1. The first-order valence-electron chi connectivity index (χ1n) is 21.6. The normalized spacial score (nSPS) is 14.5. The number of phosphoric ester groups is 1. The van der Waals surface area contributed by atoms with Crippen LogP contribution in [0.25, 0.3) is 0 Å². The Morgan fingerprint density at radius 2 is 1.12 bits per heavy atom. The van der Waals surface area contributed by atoms with Gasteiger partial charge in [-0.25, -0.2) is 9.45 Å². The molecule has 0 aromatic carbocycles. The fourth-order valence-electron chi connectivity index (χ4n) is 5.92. The number of hydrogen-bond donors (Lipinski definition) is 4. The van der Waals surface area contributed by atoms with E-state index in [-0.39, 0.29) is 25.6 Å². The van der Waals surface area contributed by atoms with E-state index in [1.165, 1.54) is 70.6 Å². The SMILES string of the molecule is CCCCCCCCCCCCCCCCCC(=O)OCC(COP(=O)(O)OCC(N)C(=O)O)OC(=O)CCCCCCC/C=C\C=C\C(CCCCC)OO. The van der Waals surface area contributed by atoms with E-state index >= 15 is 0 Å². The maximum Gasteiger partial charge on any atom is 0.472 e. The molecule has 0 aromatic heterocycles. The molecule has 0 saturated heterocycles. The van der Waals surface area contributed by atoms with Crippen LogP contribution in [0, 0.1) is 0 Å². The number of esters is 2. The summed E-state index contributed by atoms with van der Waals surface area (Å²) in [6.07, 6.45) is 34.1. The highest BCUT2D eigenvalue weighted by Gasteiger charge is 2.28. The van der Waals surface area contributed by atoms with Crippen LogP contribution in [-0.4, -0.2) is 71.2 Å². The standard InChI is InChI=1S/C42H78NO12P/c1-3-5-7-8-9-10-11-12-13-14-15-18-21-24-28-32-40(44)51-34-38(35-52-56(49,50)53-36-39(43)42(46)47)54-41(45)33-29-25-22-19-16-17-20-23-27-31-37(55-48)30-26-6-4-2/h20,23,27,31,37-39,48H,3-19,21-22,24-26,28-30,32-36,43H2,1-2H3,(H,46,47)(H,49,50)/b23-20-,31-27+. The van der Waals surface area contributed by atoms with E-state index in [9.17, 15) is 23.8 Å². The first-order valence-corrected chi connectivity index (χ1v) is 23.1. The van der Waals surface area contributed by atoms with E-state index in [1.807, 2.05) is 18.2 Å². The van der Waals surface area contributed by atoms with Crippen molar-refractivity contribution < 1.29 is 57.6 Å². The number of phosphoric acid groups is 1. The Hall–Kier alpha value is -2.12. The predicted molar refractivity (Wildman–Crippen MR) is 220 cm³/mol. The fourth-order valence-corrected chi connectivity index (χ4v) is 6.70. The third-order valence-electron chi connectivity index (χ3n) is 9.42. The van der Waals surface area contributed by atoms with E-state index in [4.69, 9.17) is 30.1 Å². The van der Waals surface area contributed by atoms with Crippen LogP contribution in [0.15, 0.2) is 24.3 Å². The Morgan fingerprint density at radius 1 is 0.643 bits per heavy atom. The van der Waals surface area contributed by atoms with Gasteiger partial charge in [0.2, 0.25) is 0 Å². The van der Waals surface area contributed by atoms with Crippen molar-refractivity contribution in [3.63, 3.8) is 0 Å². The van der Waals surface area contributed by atoms with Crippen molar-refractivity contribution in [1.82, 2.24) is 0 Å². The minimum atomic E-state index is -4.73. The molecule has 0 amide bonds. The topological polar surface area (TPSA) is 201 Å². The molecule has 0 aliphatic rings. The second kappa shape index (κ2) is 38.4. The smallest absolute Gasteiger partial charge is 0.472 e. The molecule has 5 N–H and O–H groups in total. The molecule has 0 rings (SSSR count). The molecule has 0 heterocycles. The number of rotatable bonds is 41. The summed E-state index contributed by atoms with van der Waals surface area (Å²) >= 11 is 0. The molecule has 0 fully saturated rings. The van der Waals surface area contributed by atoms with E-state index in [0.717, 1.165) is 77.0 Å². The van der Waals surface area contributed by atoms with Gasteiger partial charge in [0, 0.05) is 12.8 Å². The molecular weight excluding hydrogens is 741 g/mol. The zero-order chi connectivity index (χ0) is 41.5. The average Bonchev–Trinajstić information content (AvgIpc) is 3.17. The molecule has 0 aliphatic carbocycles. The summed E-state index contributed by atoms with van der Waals surface area (Å²) < 4.78 is 32.6. The van der Waals surface area contributed by atoms with Crippen LogP contribution < -0.4 is 5.73 Å². The van der Waals surface area contributed by atoms with Gasteiger partial charge in [0.05, 0.1) is 13.2 Å². The van der Waals surface area contributed by atoms with Crippen LogP contribution >= 0.6 is 7.82 Å². The monoisotopic (exact) mass is 820 g/mol. The molecule has 14 heteroatoms. The maximum absolute atomic E-state index is 12.6. The molecule has 0 aromatic rings. The van der Waals surface area contributed by atoms with Crippen LogP contribution in [0.5, 0.6) is 0 Å². The number of carboxylic acid groups (broad SMARTS) is 1. The molecule has 56 heavy (non-hydrogen) atoms. The largest absolute Gasteiger partial charge is 0.480 e. The van der Waals surface area contributed by atoms with Gasteiger partial charge in [-0.05, 0) is 32.1 Å². The number of unbranched alkanes of at least 4 members (excludes halogenated alkanes) is 21. The number of carboxylic acids is 1. The van der Waals surface area contributed by atoms with Crippen molar-refractivity contribution in [2.75, 3.05) is 19.8 Å². The van der Waals surface area contributed by atoms with Gasteiger partial charge in [0.25, 0.3) is 0 Å². The Balaban J connectivity index is 4.45. The van der Waals surface area contributed by atoms with E-state index in [1.54, 1.807) is 0 Å². The molecule has 4 atom stereocenters. The Labute approximate surface area is 338 Å². The van der Waals surface area contributed by atoms with Crippen LogP contribution in [0.4, 0.5) is 0 Å². The molecule has 4 unspecified atom stereocenters. The summed E-state index contributed by atoms with van der Waals surface area (Å²) in [5.74, 6) is -2.44. The van der Waals surface area contributed by atoms with Crippen LogP contribution in [0.3, 0.4) is 0 Å². The number of hydrogen-bond acceptors (Lipinski definition) is 11. The van der Waals surface area contributed by atoms with Gasteiger partial charge < -0.3 is 25.2 Å². The summed E-state index contributed by atoms with van der Waals surface area (Å²) in [5.41, 5.74) is 5.32. The first kappa shape index (κ1) is 53.9. The van der Waals surface area contributed by atoms with E-state index < -0.39 is 51.1 Å². The first-order chi connectivity index (χ1) is 27.0. The molecular formula is C42H78NO12P. The lowest BCUT2D eigenvalue weighted by molar-refractivity contribution is -0.267. The minimum absolute atomic E-state index is 0.112. The molecule has 13 nitrogen and oxygen atoms in total. The minimum Gasteiger partial charge on any atom is -0.480 e. The van der Waals surface area contributed by atoms with Gasteiger partial charge in [-0.15, -0.1) is 0 Å². The highest BCUT2D eigenvalue weighted by molar-refractivity contribution is 7.47. The lowest BCUT2D eigenvalue weighted by Gasteiger charge is -2.20. The number of ether oxygens (including phenoxy) is 2. The summed E-state index contributed by atoms with van der Waals surface area (Å²) in [5, 5.41) is 17.9. The van der Waals surface area contributed by atoms with Gasteiger partial charge in [0.1, 0.15) is 18.8 Å². The third-order valence-corrected chi connectivity index (χ3v) is 10.4. The summed E-state index contributed by atoms with van der Waals surface area (Å²) in [6.45, 7) is 2.63. The van der Waals surface area contributed by atoms with Gasteiger partial charge >= 0.3 is 25.7 Å². The van der Waals surface area contributed by atoms with Crippen molar-refractivity contribution in [1.29, 1.82) is 0 Å². The molecule has 0 bridgehead atoms. The highest BCUT2D eigenvalue weighted by atomic mass is 31.2. The molecule has 0 radical (unpaired) electrons. The van der Waals surface area contributed by atoms with E-state index in [2.05, 4.69) is 29.3 Å². The van der Waals surface area contributed by atoms with Crippen molar-refractivity contribution in [3.05, 3.63) is 24.3 Å². The molecule has 328 valence electrons. The number of aliphatic carboxylic acids is 1. The molecule has 0 saturated carbocycles. The second-order valence-corrected chi connectivity index (χ2v) is 16.2.